The van der Waals surface area contributed by atoms with Gasteiger partial charge in [-0.2, -0.15) is 0 Å². The fraction of sp³-hybridized carbons (Fsp3) is 0.812. The zero-order valence-electron chi connectivity index (χ0n) is 13.7. The molecule has 0 fully saturated rings. The van der Waals surface area contributed by atoms with Crippen LogP contribution in [-0.4, -0.2) is 20.7 Å². The summed E-state index contributed by atoms with van der Waals surface area (Å²) in [6.45, 7) is 16.3. The van der Waals surface area contributed by atoms with Crippen molar-refractivity contribution in [3.63, 3.8) is 0 Å². The first kappa shape index (κ1) is 16.6. The van der Waals surface area contributed by atoms with E-state index >= 15 is 0 Å². The lowest BCUT2D eigenvalue weighted by Crippen LogP contribution is -2.41. The highest BCUT2D eigenvalue weighted by Gasteiger charge is 2.37. The number of allylic oxidation sites excluding steroid dienone is 2. The highest BCUT2D eigenvalue weighted by Crippen LogP contribution is 2.37. The molecule has 0 saturated carbocycles. The lowest BCUT2D eigenvalue weighted by Gasteiger charge is -2.36. The average Bonchev–Trinajstić information content (AvgIpc) is 2.57. The maximum absolute atomic E-state index is 12.0. The molecule has 1 rings (SSSR count). The van der Waals surface area contributed by atoms with E-state index in [1.807, 2.05) is 6.92 Å². The highest BCUT2D eigenvalue weighted by atomic mass is 28.4. The summed E-state index contributed by atoms with van der Waals surface area (Å²) in [5.41, 5.74) is 0.946. The van der Waals surface area contributed by atoms with Gasteiger partial charge in [-0.1, -0.05) is 33.8 Å². The molecule has 1 aliphatic rings. The molecule has 0 radical (unpaired) electrons. The normalized spacial score (nSPS) is 22.6. The van der Waals surface area contributed by atoms with E-state index in [1.165, 1.54) is 0 Å². The third-order valence-corrected chi connectivity index (χ3v) is 9.47. The van der Waals surface area contributed by atoms with Crippen LogP contribution in [0.15, 0.2) is 11.6 Å². The lowest BCUT2D eigenvalue weighted by molar-refractivity contribution is -0.119. The summed E-state index contributed by atoms with van der Waals surface area (Å²) in [6, 6.07) is 0. The number of ketones is 1. The van der Waals surface area contributed by atoms with Crippen molar-refractivity contribution in [1.82, 2.24) is 0 Å². The van der Waals surface area contributed by atoms with Crippen molar-refractivity contribution in [2.24, 2.45) is 11.8 Å². The van der Waals surface area contributed by atoms with E-state index in [4.69, 9.17) is 4.43 Å². The van der Waals surface area contributed by atoms with Crippen LogP contribution in [0.25, 0.3) is 0 Å². The summed E-state index contributed by atoms with van der Waals surface area (Å²) in [6.07, 6.45) is 3.99. The van der Waals surface area contributed by atoms with E-state index in [0.29, 0.717) is 11.7 Å². The standard InChI is InChI=1S/C16H30O2Si/c1-12(14-9-8-13(2)15(14)17)10-11-18-19(6,7)16(3,4)5/h8,12,14H,9-11H2,1-7H3/t12-,14+/m0/s1. The van der Waals surface area contributed by atoms with Crippen molar-refractivity contribution >= 4 is 14.1 Å². The summed E-state index contributed by atoms with van der Waals surface area (Å²) >= 11 is 0. The van der Waals surface area contributed by atoms with Crippen LogP contribution in [0.3, 0.4) is 0 Å². The van der Waals surface area contributed by atoms with Gasteiger partial charge in [-0.25, -0.2) is 0 Å². The van der Waals surface area contributed by atoms with Crippen LogP contribution in [0.4, 0.5) is 0 Å². The number of carbonyl (C=O) groups is 1. The smallest absolute Gasteiger partial charge is 0.191 e. The molecule has 0 saturated heterocycles. The molecule has 3 heteroatoms. The van der Waals surface area contributed by atoms with Crippen LogP contribution in [0.2, 0.25) is 18.1 Å². The van der Waals surface area contributed by atoms with Crippen molar-refractivity contribution in [3.05, 3.63) is 11.6 Å². The minimum atomic E-state index is -1.64. The Morgan fingerprint density at radius 2 is 2.00 bits per heavy atom. The maximum Gasteiger partial charge on any atom is 0.191 e. The third-order valence-electron chi connectivity index (χ3n) is 4.93. The Morgan fingerprint density at radius 3 is 2.42 bits per heavy atom. The number of carbonyl (C=O) groups excluding carboxylic acids is 1. The second-order valence-electron chi connectivity index (χ2n) is 7.47. The van der Waals surface area contributed by atoms with Crippen LogP contribution in [0.5, 0.6) is 0 Å². The van der Waals surface area contributed by atoms with Crippen molar-refractivity contribution in [2.45, 2.75) is 65.6 Å². The molecule has 0 aliphatic heterocycles. The Balaban J connectivity index is 2.40. The molecule has 0 N–H and O–H groups in total. The van der Waals surface area contributed by atoms with Crippen molar-refractivity contribution in [1.29, 1.82) is 0 Å². The first-order chi connectivity index (χ1) is 8.56. The van der Waals surface area contributed by atoms with Gasteiger partial charge in [-0.15, -0.1) is 0 Å². The number of hydrogen-bond acceptors (Lipinski definition) is 2. The second-order valence-corrected chi connectivity index (χ2v) is 12.3. The van der Waals surface area contributed by atoms with Crippen molar-refractivity contribution in [2.75, 3.05) is 6.61 Å². The maximum atomic E-state index is 12.0. The molecule has 0 unspecified atom stereocenters. The molecule has 0 aromatic rings. The Bertz CT molecular complexity index is 363. The molecule has 2 nitrogen and oxygen atoms in total. The number of rotatable bonds is 5. The quantitative estimate of drug-likeness (QED) is 0.690. The highest BCUT2D eigenvalue weighted by molar-refractivity contribution is 6.74. The van der Waals surface area contributed by atoms with E-state index in [9.17, 15) is 4.79 Å². The van der Waals surface area contributed by atoms with Gasteiger partial charge in [-0.05, 0) is 49.4 Å². The average molecular weight is 282 g/mol. The van der Waals surface area contributed by atoms with E-state index in [2.05, 4.69) is 46.9 Å². The SMILES string of the molecule is CC1=CC[C@H]([C@@H](C)CCO[Si](C)(C)C(C)(C)C)C1=O. The largest absolute Gasteiger partial charge is 0.417 e. The fourth-order valence-corrected chi connectivity index (χ4v) is 3.27. The molecule has 0 aromatic heterocycles. The first-order valence-corrected chi connectivity index (χ1v) is 10.3. The zero-order valence-corrected chi connectivity index (χ0v) is 14.7. The van der Waals surface area contributed by atoms with Gasteiger partial charge in [0.25, 0.3) is 0 Å². The van der Waals surface area contributed by atoms with Crippen LogP contribution >= 0.6 is 0 Å². The molecule has 19 heavy (non-hydrogen) atoms. The molecule has 2 atom stereocenters. The van der Waals surface area contributed by atoms with E-state index < -0.39 is 8.32 Å². The topological polar surface area (TPSA) is 26.3 Å². The van der Waals surface area contributed by atoms with Gasteiger partial charge >= 0.3 is 0 Å². The van der Waals surface area contributed by atoms with Gasteiger partial charge in [0.15, 0.2) is 14.1 Å². The summed E-state index contributed by atoms with van der Waals surface area (Å²) in [7, 11) is -1.64. The molecule has 0 heterocycles. The van der Waals surface area contributed by atoms with Gasteiger partial charge in [0.1, 0.15) is 0 Å². The van der Waals surface area contributed by atoms with Crippen molar-refractivity contribution in [3.8, 4) is 0 Å². The summed E-state index contributed by atoms with van der Waals surface area (Å²) in [5.74, 6) is 0.966. The fourth-order valence-electron chi connectivity index (χ4n) is 2.21. The van der Waals surface area contributed by atoms with Crippen LogP contribution in [-0.2, 0) is 9.22 Å². The number of hydrogen-bond donors (Lipinski definition) is 0. The predicted molar refractivity (Wildman–Crippen MR) is 83.8 cm³/mol. The molecule has 1 aliphatic carbocycles. The summed E-state index contributed by atoms with van der Waals surface area (Å²) in [5, 5.41) is 0.261. The van der Waals surface area contributed by atoms with E-state index in [-0.39, 0.29) is 11.0 Å². The third kappa shape index (κ3) is 4.02. The van der Waals surface area contributed by atoms with Crippen LogP contribution < -0.4 is 0 Å². The van der Waals surface area contributed by atoms with Crippen LogP contribution in [0.1, 0.15) is 47.5 Å². The van der Waals surface area contributed by atoms with Gasteiger partial charge in [-0.3, -0.25) is 4.79 Å². The molecule has 0 bridgehead atoms. The van der Waals surface area contributed by atoms with Gasteiger partial charge in [0.2, 0.25) is 0 Å². The van der Waals surface area contributed by atoms with E-state index in [1.54, 1.807) is 0 Å². The Kier molecular flexibility index (Phi) is 5.19. The minimum absolute atomic E-state index is 0.197. The predicted octanol–water partition coefficient (Wildman–Crippen LogP) is 4.57. The molecular weight excluding hydrogens is 252 g/mol. The molecule has 110 valence electrons. The van der Waals surface area contributed by atoms with Gasteiger partial charge in [0.05, 0.1) is 0 Å². The second kappa shape index (κ2) is 5.92. The molecular formula is C16H30O2Si. The summed E-state index contributed by atoms with van der Waals surface area (Å²) < 4.78 is 6.20. The van der Waals surface area contributed by atoms with Crippen molar-refractivity contribution < 1.29 is 9.22 Å². The lowest BCUT2D eigenvalue weighted by atomic mass is 9.88. The Morgan fingerprint density at radius 1 is 1.42 bits per heavy atom. The Labute approximate surface area is 119 Å². The Hall–Kier alpha value is -0.413. The molecule has 0 amide bonds. The molecule has 0 aromatic carbocycles. The van der Waals surface area contributed by atoms with Gasteiger partial charge < -0.3 is 4.43 Å². The monoisotopic (exact) mass is 282 g/mol. The first-order valence-electron chi connectivity index (χ1n) is 7.41. The zero-order chi connectivity index (χ0) is 14.8. The summed E-state index contributed by atoms with van der Waals surface area (Å²) in [4.78, 5) is 12.0. The van der Waals surface area contributed by atoms with Gasteiger partial charge in [0, 0.05) is 12.5 Å². The van der Waals surface area contributed by atoms with Crippen LogP contribution in [0, 0.1) is 11.8 Å². The van der Waals surface area contributed by atoms with E-state index in [0.717, 1.165) is 25.0 Å². The molecule has 0 spiro atoms. The number of Topliss-reactive ketones (excluding diaryl/α,β-unsaturated/α-hetero) is 1. The minimum Gasteiger partial charge on any atom is -0.417 e.